The summed E-state index contributed by atoms with van der Waals surface area (Å²) in [6.07, 6.45) is 1.43. The van der Waals surface area contributed by atoms with Gasteiger partial charge >= 0.3 is 5.97 Å². The highest BCUT2D eigenvalue weighted by Crippen LogP contribution is 2.25. The number of carbonyl (C=O) groups excluding carboxylic acids is 2. The Kier molecular flexibility index (Phi) is 6.47. The Morgan fingerprint density at radius 2 is 2.12 bits per heavy atom. The van der Waals surface area contributed by atoms with Gasteiger partial charge in [0.1, 0.15) is 22.3 Å². The third-order valence-electron chi connectivity index (χ3n) is 3.28. The van der Waals surface area contributed by atoms with Crippen molar-refractivity contribution in [2.45, 2.75) is 13.8 Å². The molecule has 0 saturated heterocycles. The third-order valence-corrected chi connectivity index (χ3v) is 4.33. The van der Waals surface area contributed by atoms with Crippen molar-refractivity contribution in [2.75, 3.05) is 19.0 Å². The summed E-state index contributed by atoms with van der Waals surface area (Å²) in [5, 5.41) is 12.1. The van der Waals surface area contributed by atoms with Crippen LogP contribution in [-0.2, 0) is 9.53 Å². The molecule has 0 spiro atoms. The molecule has 8 heteroatoms. The number of methoxy groups -OCH3 is 1. The van der Waals surface area contributed by atoms with Gasteiger partial charge in [-0.1, -0.05) is 29.5 Å². The second kappa shape index (κ2) is 8.78. The van der Waals surface area contributed by atoms with Gasteiger partial charge in [-0.3, -0.25) is 10.1 Å². The molecular formula is C18H17N3O4S. The van der Waals surface area contributed by atoms with Crippen molar-refractivity contribution >= 4 is 34.4 Å². The van der Waals surface area contributed by atoms with Crippen LogP contribution >= 0.6 is 11.3 Å². The zero-order chi connectivity index (χ0) is 19.1. The molecule has 7 nitrogen and oxygen atoms in total. The van der Waals surface area contributed by atoms with Gasteiger partial charge in [0.15, 0.2) is 5.13 Å². The predicted molar refractivity (Wildman–Crippen MR) is 98.0 cm³/mol. The van der Waals surface area contributed by atoms with E-state index in [4.69, 9.17) is 9.47 Å². The zero-order valence-corrected chi connectivity index (χ0v) is 15.3. The highest BCUT2D eigenvalue weighted by Gasteiger charge is 2.19. The van der Waals surface area contributed by atoms with Crippen LogP contribution < -0.4 is 10.1 Å². The first-order chi connectivity index (χ1) is 12.5. The Morgan fingerprint density at radius 3 is 2.77 bits per heavy atom. The number of anilines is 1. The number of nitriles is 1. The van der Waals surface area contributed by atoms with Gasteiger partial charge < -0.3 is 9.47 Å². The number of ether oxygens (including phenoxy) is 2. The number of benzene rings is 1. The van der Waals surface area contributed by atoms with Crippen molar-refractivity contribution in [2.24, 2.45) is 0 Å². The maximum Gasteiger partial charge on any atom is 0.350 e. The van der Waals surface area contributed by atoms with Crippen molar-refractivity contribution in [3.8, 4) is 11.8 Å². The van der Waals surface area contributed by atoms with E-state index >= 15 is 0 Å². The monoisotopic (exact) mass is 371 g/mol. The molecule has 1 N–H and O–H groups in total. The molecule has 0 atom stereocenters. The summed E-state index contributed by atoms with van der Waals surface area (Å²) in [6, 6.07) is 8.89. The van der Waals surface area contributed by atoms with Crippen molar-refractivity contribution in [1.82, 2.24) is 4.98 Å². The number of nitrogens with zero attached hydrogens (tertiary/aromatic N) is 2. The molecule has 1 heterocycles. The number of hydrogen-bond donors (Lipinski definition) is 1. The van der Waals surface area contributed by atoms with E-state index in [9.17, 15) is 14.9 Å². The lowest BCUT2D eigenvalue weighted by Crippen LogP contribution is -2.13. The van der Waals surface area contributed by atoms with Gasteiger partial charge in [-0.15, -0.1) is 0 Å². The van der Waals surface area contributed by atoms with Crippen LogP contribution in [0.15, 0.2) is 29.8 Å². The van der Waals surface area contributed by atoms with E-state index in [2.05, 4.69) is 10.3 Å². The molecule has 0 unspecified atom stereocenters. The smallest absolute Gasteiger partial charge is 0.350 e. The SMILES string of the molecule is CCOC(=O)c1sc(NC(=O)/C(C#N)=C/c2ccccc2OC)nc1C. The van der Waals surface area contributed by atoms with Crippen LogP contribution in [0.1, 0.15) is 27.9 Å². The number of rotatable bonds is 6. The number of esters is 1. The Labute approximate surface area is 154 Å². The first-order valence-corrected chi connectivity index (χ1v) is 8.52. The van der Waals surface area contributed by atoms with Gasteiger partial charge in [0.05, 0.1) is 19.4 Å². The Morgan fingerprint density at radius 1 is 1.38 bits per heavy atom. The number of aromatic nitrogens is 1. The molecule has 2 rings (SSSR count). The molecular weight excluding hydrogens is 354 g/mol. The number of amides is 1. The molecule has 0 fully saturated rings. The molecule has 1 aromatic heterocycles. The summed E-state index contributed by atoms with van der Waals surface area (Å²) >= 11 is 0.999. The largest absolute Gasteiger partial charge is 0.496 e. The summed E-state index contributed by atoms with van der Waals surface area (Å²) in [7, 11) is 1.51. The second-order valence-corrected chi connectivity index (χ2v) is 6.02. The van der Waals surface area contributed by atoms with E-state index in [1.165, 1.54) is 13.2 Å². The Bertz CT molecular complexity index is 896. The van der Waals surface area contributed by atoms with Crippen molar-refractivity contribution in [3.05, 3.63) is 46.0 Å². The van der Waals surface area contributed by atoms with Crippen molar-refractivity contribution in [1.29, 1.82) is 5.26 Å². The minimum Gasteiger partial charge on any atom is -0.496 e. The van der Waals surface area contributed by atoms with Gasteiger partial charge in [0, 0.05) is 5.56 Å². The lowest BCUT2D eigenvalue weighted by molar-refractivity contribution is -0.112. The Balaban J connectivity index is 2.23. The molecule has 0 aliphatic heterocycles. The van der Waals surface area contributed by atoms with Gasteiger partial charge in [0.2, 0.25) is 0 Å². The molecule has 0 bridgehead atoms. The van der Waals surface area contributed by atoms with Crippen molar-refractivity contribution in [3.63, 3.8) is 0 Å². The molecule has 134 valence electrons. The number of nitrogens with one attached hydrogen (secondary N) is 1. The van der Waals surface area contributed by atoms with Gasteiger partial charge in [-0.05, 0) is 26.0 Å². The number of thiazole rings is 1. The fraction of sp³-hybridized carbons (Fsp3) is 0.222. The van der Waals surface area contributed by atoms with E-state index < -0.39 is 11.9 Å². The summed E-state index contributed by atoms with van der Waals surface area (Å²) in [4.78, 5) is 28.6. The molecule has 0 aliphatic rings. The highest BCUT2D eigenvalue weighted by molar-refractivity contribution is 7.17. The number of carbonyl (C=O) groups is 2. The molecule has 0 radical (unpaired) electrons. The van der Waals surface area contributed by atoms with Crippen LogP contribution in [0.5, 0.6) is 5.75 Å². The van der Waals surface area contributed by atoms with E-state index in [0.717, 1.165) is 11.3 Å². The topological polar surface area (TPSA) is 101 Å². The van der Waals surface area contributed by atoms with Crippen LogP contribution in [0, 0.1) is 18.3 Å². The van der Waals surface area contributed by atoms with Crippen molar-refractivity contribution < 1.29 is 19.1 Å². The van der Waals surface area contributed by atoms with E-state index in [0.29, 0.717) is 21.9 Å². The molecule has 26 heavy (non-hydrogen) atoms. The molecule has 0 aliphatic carbocycles. The van der Waals surface area contributed by atoms with E-state index in [-0.39, 0.29) is 17.3 Å². The highest BCUT2D eigenvalue weighted by atomic mass is 32.1. The third kappa shape index (κ3) is 4.46. The fourth-order valence-corrected chi connectivity index (χ4v) is 2.95. The lowest BCUT2D eigenvalue weighted by Gasteiger charge is -2.05. The van der Waals surface area contributed by atoms with Crippen LogP contribution in [-0.4, -0.2) is 30.6 Å². The Hall–Kier alpha value is -3.18. The van der Waals surface area contributed by atoms with E-state index in [1.807, 2.05) is 6.07 Å². The van der Waals surface area contributed by atoms with Crippen LogP contribution in [0.4, 0.5) is 5.13 Å². The maximum atomic E-state index is 12.4. The van der Waals surface area contributed by atoms with Gasteiger partial charge in [-0.25, -0.2) is 9.78 Å². The van der Waals surface area contributed by atoms with Crippen LogP contribution in [0.2, 0.25) is 0 Å². The predicted octanol–water partition coefficient (Wildman–Crippen LogP) is 3.18. The first kappa shape index (κ1) is 19.1. The van der Waals surface area contributed by atoms with Gasteiger partial charge in [0.25, 0.3) is 5.91 Å². The summed E-state index contributed by atoms with van der Waals surface area (Å²) in [5.41, 5.74) is 0.945. The molecule has 1 amide bonds. The normalized spacial score (nSPS) is 10.8. The quantitative estimate of drug-likeness (QED) is 0.475. The fourth-order valence-electron chi connectivity index (χ4n) is 2.09. The summed E-state index contributed by atoms with van der Waals surface area (Å²) < 4.78 is 10.2. The molecule has 0 saturated carbocycles. The minimum absolute atomic E-state index is 0.111. The van der Waals surface area contributed by atoms with Crippen LogP contribution in [0.3, 0.4) is 0 Å². The number of para-hydroxylation sites is 1. The lowest BCUT2D eigenvalue weighted by atomic mass is 10.1. The second-order valence-electron chi connectivity index (χ2n) is 5.02. The molecule has 1 aromatic carbocycles. The summed E-state index contributed by atoms with van der Waals surface area (Å²) in [5.74, 6) is -0.571. The average molecular weight is 371 g/mol. The first-order valence-electron chi connectivity index (χ1n) is 7.70. The summed E-state index contributed by atoms with van der Waals surface area (Å²) in [6.45, 7) is 3.60. The molecule has 2 aromatic rings. The van der Waals surface area contributed by atoms with Crippen LogP contribution in [0.25, 0.3) is 6.08 Å². The maximum absolute atomic E-state index is 12.4. The number of aryl methyl sites for hydroxylation is 1. The average Bonchev–Trinajstić information content (AvgIpc) is 3.00. The van der Waals surface area contributed by atoms with Gasteiger partial charge in [-0.2, -0.15) is 5.26 Å². The standard InChI is InChI=1S/C18H17N3O4S/c1-4-25-17(23)15-11(2)20-18(26-15)21-16(22)13(10-19)9-12-7-5-6-8-14(12)24-3/h5-9H,4H2,1-3H3,(H,20,21,22)/b13-9+. The zero-order valence-electron chi connectivity index (χ0n) is 14.5. The number of hydrogen-bond acceptors (Lipinski definition) is 7. The minimum atomic E-state index is -0.623. The van der Waals surface area contributed by atoms with E-state index in [1.54, 1.807) is 38.1 Å².